The van der Waals surface area contributed by atoms with Crippen molar-refractivity contribution in [2.45, 2.75) is 19.9 Å². The molecule has 2 nitrogen and oxygen atoms in total. The smallest absolute Gasteiger partial charge is 0.243 e. The Bertz CT molecular complexity index is 122. The second-order valence-corrected chi connectivity index (χ2v) is 1.77. The van der Waals surface area contributed by atoms with Crippen LogP contribution in [0.15, 0.2) is 12.7 Å². The average molecular weight is 114 g/mol. The Morgan fingerprint density at radius 1 is 2.00 bits per heavy atom. The van der Waals surface area contributed by atoms with Gasteiger partial charge in [0.15, 0.2) is 1.41 Å². The Balaban J connectivity index is 3.87. The maximum absolute atomic E-state index is 10.6. The van der Waals surface area contributed by atoms with Crippen molar-refractivity contribution >= 4 is 5.91 Å². The van der Waals surface area contributed by atoms with Gasteiger partial charge in [0.25, 0.3) is 0 Å². The van der Waals surface area contributed by atoms with E-state index in [4.69, 9.17) is 1.41 Å². The largest absolute Gasteiger partial charge is 0.350 e. The van der Waals surface area contributed by atoms with Crippen LogP contribution in [0.25, 0.3) is 0 Å². The second kappa shape index (κ2) is 3.24. The van der Waals surface area contributed by atoms with Gasteiger partial charge in [0, 0.05) is 6.04 Å². The molecule has 0 aromatic rings. The minimum Gasteiger partial charge on any atom is -0.350 e. The normalized spacial score (nSPS) is 10.6. The molecule has 0 bridgehead atoms. The first kappa shape index (κ1) is 5.35. The highest BCUT2D eigenvalue weighted by Crippen LogP contribution is 1.75. The van der Waals surface area contributed by atoms with Crippen LogP contribution in [0.1, 0.15) is 13.8 Å². The molecular formula is C6H11NO. The first-order valence-electron chi connectivity index (χ1n) is 2.98. The van der Waals surface area contributed by atoms with E-state index in [0.29, 0.717) is 0 Å². The minimum absolute atomic E-state index is 0.0736. The molecule has 0 aliphatic rings. The highest BCUT2D eigenvalue weighted by atomic mass is 16.1. The van der Waals surface area contributed by atoms with Gasteiger partial charge < -0.3 is 5.31 Å². The Morgan fingerprint density at radius 3 is 2.62 bits per heavy atom. The first-order chi connectivity index (χ1) is 4.09. The molecule has 0 atom stereocenters. The predicted molar refractivity (Wildman–Crippen MR) is 33.5 cm³/mol. The zero-order chi connectivity index (χ0) is 7.44. The lowest BCUT2D eigenvalue weighted by Gasteiger charge is -2.02. The standard InChI is InChI=1S/C6H11NO/c1-4-6(8)7-5(2)3/h4-5H,1H2,2-3H3,(H,7,8)/i/hD. The zero-order valence-electron chi connectivity index (χ0n) is 6.22. The summed E-state index contributed by atoms with van der Waals surface area (Å²) >= 11 is 0. The molecule has 0 heterocycles. The molecule has 0 fully saturated rings. The average Bonchev–Trinajstić information content (AvgIpc) is 1.84. The van der Waals surface area contributed by atoms with Gasteiger partial charge in [-0.25, -0.2) is 0 Å². The van der Waals surface area contributed by atoms with Crippen LogP contribution in [-0.2, 0) is 4.79 Å². The van der Waals surface area contributed by atoms with Crippen molar-refractivity contribution in [1.29, 1.82) is 0 Å². The first-order valence-corrected chi connectivity index (χ1v) is 2.54. The molecule has 0 aliphatic carbocycles. The molecule has 0 saturated carbocycles. The summed E-state index contributed by atoms with van der Waals surface area (Å²) in [6, 6.07) is -0.0736. The Labute approximate surface area is 51.0 Å². The molecule has 0 spiro atoms. The zero-order valence-corrected chi connectivity index (χ0v) is 5.22. The summed E-state index contributed by atoms with van der Waals surface area (Å²) < 4.78 is 7.05. The van der Waals surface area contributed by atoms with Crippen molar-refractivity contribution in [2.75, 3.05) is 0 Å². The van der Waals surface area contributed by atoms with Crippen LogP contribution in [0.5, 0.6) is 0 Å². The summed E-state index contributed by atoms with van der Waals surface area (Å²) in [5, 5.41) is 0.882. The molecule has 8 heavy (non-hydrogen) atoms. The highest BCUT2D eigenvalue weighted by Gasteiger charge is 1.93. The van der Waals surface area contributed by atoms with E-state index in [9.17, 15) is 4.79 Å². The van der Waals surface area contributed by atoms with Crippen molar-refractivity contribution < 1.29 is 6.21 Å². The van der Waals surface area contributed by atoms with Gasteiger partial charge in [0.1, 0.15) is 0 Å². The van der Waals surface area contributed by atoms with E-state index in [0.717, 1.165) is 11.4 Å². The minimum atomic E-state index is -0.356. The van der Waals surface area contributed by atoms with Crippen LogP contribution < -0.4 is 5.31 Å². The van der Waals surface area contributed by atoms with E-state index < -0.39 is 0 Å². The summed E-state index contributed by atoms with van der Waals surface area (Å²) in [7, 11) is 0. The van der Waals surface area contributed by atoms with Crippen LogP contribution in [0, 0.1) is 0 Å². The van der Waals surface area contributed by atoms with Crippen LogP contribution in [0.3, 0.4) is 0 Å². The summed E-state index contributed by atoms with van der Waals surface area (Å²) in [5.74, 6) is -0.356. The molecule has 1 N–H and O–H groups in total. The van der Waals surface area contributed by atoms with E-state index in [2.05, 4.69) is 6.58 Å². The van der Waals surface area contributed by atoms with E-state index in [1.807, 2.05) is 0 Å². The van der Waals surface area contributed by atoms with Gasteiger partial charge in [-0.3, -0.25) is 4.79 Å². The molecular weight excluding hydrogens is 102 g/mol. The number of amides is 1. The van der Waals surface area contributed by atoms with Gasteiger partial charge in [-0.05, 0) is 19.9 Å². The predicted octanol–water partition coefficient (Wildman–Crippen LogP) is 0.697. The number of rotatable bonds is 2. The van der Waals surface area contributed by atoms with Gasteiger partial charge in [0.2, 0.25) is 5.91 Å². The monoisotopic (exact) mass is 114 g/mol. The molecule has 0 aliphatic heterocycles. The summed E-state index contributed by atoms with van der Waals surface area (Å²) in [6.45, 7) is 6.80. The lowest BCUT2D eigenvalue weighted by molar-refractivity contribution is -0.116. The molecule has 0 unspecified atom stereocenters. The lowest BCUT2D eigenvalue weighted by atomic mass is 10.4. The van der Waals surface area contributed by atoms with Gasteiger partial charge in [-0.1, -0.05) is 6.58 Å². The van der Waals surface area contributed by atoms with E-state index in [1.54, 1.807) is 13.8 Å². The fraction of sp³-hybridized carbons (Fsp3) is 0.500. The van der Waals surface area contributed by atoms with Crippen molar-refractivity contribution in [2.24, 2.45) is 0 Å². The van der Waals surface area contributed by atoms with Crippen LogP contribution in [-0.4, -0.2) is 11.9 Å². The topological polar surface area (TPSA) is 29.1 Å². The van der Waals surface area contributed by atoms with Crippen molar-refractivity contribution in [1.82, 2.24) is 5.31 Å². The highest BCUT2D eigenvalue weighted by molar-refractivity contribution is 5.86. The Kier molecular flexibility index (Phi) is 2.17. The van der Waals surface area contributed by atoms with Crippen molar-refractivity contribution in [3.05, 3.63) is 12.7 Å². The van der Waals surface area contributed by atoms with Crippen LogP contribution in [0.4, 0.5) is 0 Å². The molecule has 0 aromatic heterocycles. The van der Waals surface area contributed by atoms with E-state index >= 15 is 0 Å². The molecule has 2 heteroatoms. The third kappa shape index (κ3) is 3.40. The summed E-state index contributed by atoms with van der Waals surface area (Å²) in [5.41, 5.74) is 0. The van der Waals surface area contributed by atoms with Gasteiger partial charge in [0.05, 0.1) is 0 Å². The number of nitrogens with one attached hydrogen (secondary N) is 1. The van der Waals surface area contributed by atoms with E-state index in [1.165, 1.54) is 0 Å². The number of carbonyl (C=O) groups is 1. The van der Waals surface area contributed by atoms with Crippen LogP contribution in [0.2, 0.25) is 1.41 Å². The molecule has 0 rings (SSSR count). The maximum atomic E-state index is 10.6. The Hall–Kier alpha value is -0.790. The quantitative estimate of drug-likeness (QED) is 0.526. The molecule has 0 aromatic carbocycles. The molecule has 0 radical (unpaired) electrons. The second-order valence-electron chi connectivity index (χ2n) is 1.77. The molecule has 0 saturated heterocycles. The number of hydrogen-bond acceptors (Lipinski definition) is 1. The Morgan fingerprint density at radius 2 is 2.50 bits per heavy atom. The summed E-state index contributed by atoms with van der Waals surface area (Å²) in [4.78, 5) is 10.6. The third-order valence-electron chi connectivity index (χ3n) is 0.560. The summed E-state index contributed by atoms with van der Waals surface area (Å²) in [6.07, 6.45) is 1.13. The third-order valence-corrected chi connectivity index (χ3v) is 0.560. The van der Waals surface area contributed by atoms with Gasteiger partial charge >= 0.3 is 0 Å². The number of carbonyl (C=O) groups excluding carboxylic acids is 1. The van der Waals surface area contributed by atoms with Gasteiger partial charge in [-0.15, -0.1) is 0 Å². The fourth-order valence-electron chi connectivity index (χ4n) is 0.307. The van der Waals surface area contributed by atoms with Crippen molar-refractivity contribution in [3.63, 3.8) is 0 Å². The van der Waals surface area contributed by atoms with E-state index in [-0.39, 0.29) is 11.9 Å². The molecule has 1 amide bonds. The van der Waals surface area contributed by atoms with Crippen LogP contribution >= 0.6 is 0 Å². The lowest BCUT2D eigenvalue weighted by Crippen LogP contribution is -2.27. The fourth-order valence-corrected chi connectivity index (χ4v) is 0.307. The van der Waals surface area contributed by atoms with Crippen molar-refractivity contribution in [3.8, 4) is 0 Å². The maximum Gasteiger partial charge on any atom is 0.243 e. The molecule has 46 valence electrons. The number of hydrogen-bond donors (Lipinski definition) is 1. The SMILES string of the molecule is [2H]N(C(=O)C=C)C(C)C. The van der Waals surface area contributed by atoms with Gasteiger partial charge in [-0.2, -0.15) is 0 Å².